The first kappa shape index (κ1) is 24.8. The van der Waals surface area contributed by atoms with E-state index < -0.39 is 38.0 Å². The fourth-order valence-corrected chi connectivity index (χ4v) is 4.14. The summed E-state index contributed by atoms with van der Waals surface area (Å²) in [7, 11) is -3.61. The number of allylic oxidation sites excluding steroid dienone is 1. The molecule has 0 unspecified atom stereocenters. The maximum absolute atomic E-state index is 13.1. The van der Waals surface area contributed by atoms with Crippen molar-refractivity contribution in [2.75, 3.05) is 4.72 Å². The Labute approximate surface area is 195 Å². The lowest BCUT2D eigenvalue weighted by molar-refractivity contribution is -0.144. The number of benzene rings is 2. The van der Waals surface area contributed by atoms with Crippen LogP contribution in [0.1, 0.15) is 11.3 Å². The monoisotopic (exact) mass is 510 g/mol. The molecule has 0 aliphatic heterocycles. The molecule has 1 N–H and O–H groups in total. The lowest BCUT2D eigenvalue weighted by Gasteiger charge is -2.15. The van der Waals surface area contributed by atoms with Crippen LogP contribution in [0.3, 0.4) is 0 Å². The maximum Gasteiger partial charge on any atom is 0.431 e. The highest BCUT2D eigenvalue weighted by molar-refractivity contribution is 7.97. The zero-order chi connectivity index (χ0) is 25.3. The second kappa shape index (κ2) is 9.20. The van der Waals surface area contributed by atoms with E-state index in [0.717, 1.165) is 31.3 Å². The van der Waals surface area contributed by atoms with Crippen molar-refractivity contribution in [3.8, 4) is 11.8 Å². The number of hydrogen-bond donors (Lipinski definition) is 1. The number of nitriles is 1. The molecule has 0 atom stereocenters. The predicted molar refractivity (Wildman–Crippen MR) is 120 cm³/mol. The van der Waals surface area contributed by atoms with E-state index in [1.807, 2.05) is 0 Å². The Hall–Kier alpha value is -3.82. The topological polar surface area (TPSA) is 114 Å². The minimum Gasteiger partial charge on any atom is -0.292 e. The average Bonchev–Trinajstić information content (AvgIpc) is 2.76. The number of hydrogen-bond acceptors (Lipinski definition) is 5. The average molecular weight is 511 g/mol. The van der Waals surface area contributed by atoms with Gasteiger partial charge >= 0.3 is 11.9 Å². The van der Waals surface area contributed by atoms with Gasteiger partial charge in [-0.25, -0.2) is 17.8 Å². The molecule has 1 heterocycles. The molecule has 34 heavy (non-hydrogen) atoms. The van der Waals surface area contributed by atoms with Gasteiger partial charge in [-0.05, 0) is 29.8 Å². The summed E-state index contributed by atoms with van der Waals surface area (Å²) in [6.07, 6.45) is -3.82. The van der Waals surface area contributed by atoms with E-state index in [4.69, 9.17) is 11.6 Å². The van der Waals surface area contributed by atoms with Gasteiger partial charge in [0.25, 0.3) is 15.6 Å². The van der Waals surface area contributed by atoms with Crippen molar-refractivity contribution >= 4 is 33.4 Å². The van der Waals surface area contributed by atoms with Gasteiger partial charge in [0, 0.05) is 13.1 Å². The third-order valence-corrected chi connectivity index (χ3v) is 6.17. The second-order valence-electron chi connectivity index (χ2n) is 6.84. The Kier molecular flexibility index (Phi) is 6.72. The SMILES string of the molecule is Cn1c(C(F)(F)F)cc(=O)n(-c2ccc(Cl)c(NS(=O)(=O)C(C#N)=Cc3ccccc3)c2)c1=O. The van der Waals surface area contributed by atoms with E-state index in [2.05, 4.69) is 4.72 Å². The molecule has 0 spiro atoms. The first-order valence-corrected chi connectivity index (χ1v) is 11.1. The normalized spacial score (nSPS) is 12.3. The summed E-state index contributed by atoms with van der Waals surface area (Å²) in [4.78, 5) is 24.2. The van der Waals surface area contributed by atoms with E-state index in [9.17, 15) is 36.4 Å². The zero-order valence-electron chi connectivity index (χ0n) is 17.2. The van der Waals surface area contributed by atoms with Gasteiger partial charge < -0.3 is 0 Å². The summed E-state index contributed by atoms with van der Waals surface area (Å²) in [5, 5.41) is 9.19. The van der Waals surface area contributed by atoms with Crippen molar-refractivity contribution in [1.82, 2.24) is 9.13 Å². The van der Waals surface area contributed by atoms with Gasteiger partial charge in [0.1, 0.15) is 11.8 Å². The number of anilines is 1. The number of halogens is 4. The highest BCUT2D eigenvalue weighted by Crippen LogP contribution is 2.28. The molecule has 0 amide bonds. The van der Waals surface area contributed by atoms with Crippen molar-refractivity contribution in [2.45, 2.75) is 6.18 Å². The third kappa shape index (κ3) is 5.05. The zero-order valence-corrected chi connectivity index (χ0v) is 18.7. The predicted octanol–water partition coefficient (Wildman–Crippen LogP) is 3.51. The van der Waals surface area contributed by atoms with Gasteiger partial charge in [0.2, 0.25) is 0 Å². The van der Waals surface area contributed by atoms with Crippen molar-refractivity contribution in [2.24, 2.45) is 7.05 Å². The molecule has 0 radical (unpaired) electrons. The third-order valence-electron chi connectivity index (χ3n) is 4.56. The number of alkyl halides is 3. The van der Waals surface area contributed by atoms with Gasteiger partial charge in [0.05, 0.1) is 16.4 Å². The molecule has 2 aromatic carbocycles. The highest BCUT2D eigenvalue weighted by Gasteiger charge is 2.35. The van der Waals surface area contributed by atoms with Crippen LogP contribution in [0.2, 0.25) is 5.02 Å². The van der Waals surface area contributed by atoms with E-state index >= 15 is 0 Å². The molecule has 0 saturated carbocycles. The van der Waals surface area contributed by atoms with E-state index in [-0.39, 0.29) is 27.0 Å². The molecule has 1 aromatic heterocycles. The Morgan fingerprint density at radius 3 is 2.35 bits per heavy atom. The molecule has 0 saturated heterocycles. The molecule has 8 nitrogen and oxygen atoms in total. The van der Waals surface area contributed by atoms with Crippen LogP contribution in [0.5, 0.6) is 0 Å². The van der Waals surface area contributed by atoms with Crippen molar-refractivity contribution in [3.63, 3.8) is 0 Å². The van der Waals surface area contributed by atoms with Crippen LogP contribution in [0.25, 0.3) is 11.8 Å². The van der Waals surface area contributed by atoms with Crippen LogP contribution in [-0.4, -0.2) is 17.6 Å². The molecule has 0 aliphatic carbocycles. The van der Waals surface area contributed by atoms with Crippen LogP contribution in [-0.2, 0) is 23.2 Å². The minimum atomic E-state index is -4.94. The van der Waals surface area contributed by atoms with Crippen LogP contribution in [0, 0.1) is 11.3 Å². The molecule has 176 valence electrons. The summed E-state index contributed by atoms with van der Waals surface area (Å²) in [6.45, 7) is 0. The van der Waals surface area contributed by atoms with Gasteiger partial charge in [-0.1, -0.05) is 41.9 Å². The van der Waals surface area contributed by atoms with Gasteiger partial charge in [-0.3, -0.25) is 14.1 Å². The molecular weight excluding hydrogens is 497 g/mol. The van der Waals surface area contributed by atoms with Gasteiger partial charge in [-0.15, -0.1) is 0 Å². The number of sulfonamides is 1. The fourth-order valence-electron chi connectivity index (χ4n) is 2.94. The summed E-state index contributed by atoms with van der Waals surface area (Å²) in [6, 6.07) is 13.3. The van der Waals surface area contributed by atoms with Crippen LogP contribution in [0.4, 0.5) is 18.9 Å². The molecule has 3 aromatic rings. The lowest BCUT2D eigenvalue weighted by atomic mass is 10.2. The standard InChI is InChI=1S/C21H14ClF3N4O4S/c1-28-18(21(23,24)25)11-19(30)29(20(28)31)14-7-8-16(22)17(10-14)27-34(32,33)15(12-26)9-13-5-3-2-4-6-13/h2-11,27H,1H3. The Morgan fingerprint density at radius 2 is 1.76 bits per heavy atom. The Morgan fingerprint density at radius 1 is 1.12 bits per heavy atom. The smallest absolute Gasteiger partial charge is 0.292 e. The van der Waals surface area contributed by atoms with Crippen LogP contribution < -0.4 is 16.0 Å². The summed E-state index contributed by atoms with van der Waals surface area (Å²) in [5.41, 5.74) is -4.15. The largest absolute Gasteiger partial charge is 0.431 e. The van der Waals surface area contributed by atoms with Crippen molar-refractivity contribution in [3.05, 3.63) is 96.6 Å². The number of nitrogens with zero attached hydrogens (tertiary/aromatic N) is 3. The summed E-state index contributed by atoms with van der Waals surface area (Å²) in [5.74, 6) is 0. The van der Waals surface area contributed by atoms with Crippen LogP contribution in [0.15, 0.2) is 69.1 Å². The van der Waals surface area contributed by atoms with E-state index in [1.54, 1.807) is 36.4 Å². The molecular formula is C21H14ClF3N4O4S. The first-order chi connectivity index (χ1) is 15.8. The summed E-state index contributed by atoms with van der Waals surface area (Å²) >= 11 is 6.04. The number of nitrogens with one attached hydrogen (secondary N) is 1. The molecule has 0 fully saturated rings. The Balaban J connectivity index is 2.09. The van der Waals surface area contributed by atoms with Gasteiger partial charge in [-0.2, -0.15) is 18.4 Å². The van der Waals surface area contributed by atoms with E-state index in [1.165, 1.54) is 0 Å². The number of aromatic nitrogens is 2. The molecule has 13 heteroatoms. The molecule has 0 bridgehead atoms. The van der Waals surface area contributed by atoms with Crippen molar-refractivity contribution in [1.29, 1.82) is 5.26 Å². The van der Waals surface area contributed by atoms with Gasteiger partial charge in [0.15, 0.2) is 4.91 Å². The fraction of sp³-hybridized carbons (Fsp3) is 0.0952. The Bertz CT molecular complexity index is 1550. The van der Waals surface area contributed by atoms with E-state index in [0.29, 0.717) is 10.1 Å². The minimum absolute atomic E-state index is 0.152. The van der Waals surface area contributed by atoms with Crippen molar-refractivity contribution < 1.29 is 21.6 Å². The summed E-state index contributed by atoms with van der Waals surface area (Å²) < 4.78 is 67.5. The number of rotatable bonds is 5. The second-order valence-corrected chi connectivity index (χ2v) is 8.90. The molecule has 0 aliphatic rings. The molecule has 3 rings (SSSR count). The van der Waals surface area contributed by atoms with Crippen LogP contribution >= 0.6 is 11.6 Å². The maximum atomic E-state index is 13.1. The lowest BCUT2D eigenvalue weighted by Crippen LogP contribution is -2.40. The first-order valence-electron chi connectivity index (χ1n) is 9.25. The highest BCUT2D eigenvalue weighted by atomic mass is 35.5. The quantitative estimate of drug-likeness (QED) is 0.528.